The Labute approximate surface area is 189 Å². The van der Waals surface area contributed by atoms with E-state index in [9.17, 15) is 4.79 Å². The lowest BCUT2D eigenvalue weighted by Crippen LogP contribution is -2.66. The second kappa shape index (κ2) is 9.66. The SMILES string of the molecule is C[C@@H]1CCC(CO[Si](c2ccccc2)(c2ccccc2)C(C)(C)C)=C[C@@]1(C)CCC=O. The largest absolute Gasteiger partial charge is 0.403 e. The van der Waals surface area contributed by atoms with E-state index in [1.807, 2.05) is 0 Å². The van der Waals surface area contributed by atoms with Gasteiger partial charge in [-0.25, -0.2) is 0 Å². The average molecular weight is 435 g/mol. The molecule has 3 heteroatoms. The van der Waals surface area contributed by atoms with Crippen molar-refractivity contribution in [3.8, 4) is 0 Å². The van der Waals surface area contributed by atoms with Gasteiger partial charge < -0.3 is 9.22 Å². The molecule has 0 saturated carbocycles. The van der Waals surface area contributed by atoms with Crippen LogP contribution in [0.5, 0.6) is 0 Å². The number of allylic oxidation sites excluding steroid dienone is 1. The van der Waals surface area contributed by atoms with E-state index in [0.717, 1.165) is 25.5 Å². The Hall–Kier alpha value is -1.97. The second-order valence-corrected chi connectivity index (χ2v) is 14.7. The molecule has 0 spiro atoms. The molecular formula is C28H38O2Si. The zero-order valence-electron chi connectivity index (χ0n) is 19.9. The Balaban J connectivity index is 2.00. The van der Waals surface area contributed by atoms with Crippen molar-refractivity contribution in [3.05, 3.63) is 72.3 Å². The molecule has 2 atom stereocenters. The highest BCUT2D eigenvalue weighted by Gasteiger charge is 2.50. The van der Waals surface area contributed by atoms with Crippen LogP contribution in [0.15, 0.2) is 72.3 Å². The monoisotopic (exact) mass is 434 g/mol. The molecule has 2 aromatic rings. The van der Waals surface area contributed by atoms with Gasteiger partial charge in [0, 0.05) is 6.42 Å². The first-order chi connectivity index (χ1) is 14.7. The van der Waals surface area contributed by atoms with Crippen molar-refractivity contribution in [3.63, 3.8) is 0 Å². The summed E-state index contributed by atoms with van der Waals surface area (Å²) in [7, 11) is -2.52. The summed E-state index contributed by atoms with van der Waals surface area (Å²) in [5.74, 6) is 0.587. The predicted octanol–water partition coefficient (Wildman–Crippen LogP) is 5.90. The summed E-state index contributed by atoms with van der Waals surface area (Å²) in [5.41, 5.74) is 1.46. The summed E-state index contributed by atoms with van der Waals surface area (Å²) in [5, 5.41) is 2.63. The van der Waals surface area contributed by atoms with Crippen LogP contribution in [-0.4, -0.2) is 21.2 Å². The molecule has 0 fully saturated rings. The van der Waals surface area contributed by atoms with Crippen LogP contribution in [0.25, 0.3) is 0 Å². The van der Waals surface area contributed by atoms with Crippen LogP contribution in [0.2, 0.25) is 5.04 Å². The van der Waals surface area contributed by atoms with Crippen molar-refractivity contribution < 1.29 is 9.22 Å². The highest BCUT2D eigenvalue weighted by atomic mass is 28.4. The van der Waals surface area contributed by atoms with Gasteiger partial charge in [0.1, 0.15) is 6.29 Å². The van der Waals surface area contributed by atoms with Crippen molar-refractivity contribution in [2.24, 2.45) is 11.3 Å². The van der Waals surface area contributed by atoms with Crippen molar-refractivity contribution in [1.82, 2.24) is 0 Å². The van der Waals surface area contributed by atoms with Gasteiger partial charge in [-0.1, -0.05) is 101 Å². The molecular weight excluding hydrogens is 396 g/mol. The van der Waals surface area contributed by atoms with Crippen LogP contribution in [-0.2, 0) is 9.22 Å². The van der Waals surface area contributed by atoms with E-state index in [1.165, 1.54) is 15.9 Å². The number of benzene rings is 2. The van der Waals surface area contributed by atoms with Crippen LogP contribution in [0.3, 0.4) is 0 Å². The fourth-order valence-corrected chi connectivity index (χ4v) is 9.73. The van der Waals surface area contributed by atoms with Crippen LogP contribution >= 0.6 is 0 Å². The third-order valence-corrected chi connectivity index (χ3v) is 12.2. The minimum absolute atomic E-state index is 0.0148. The fraction of sp³-hybridized carbons (Fsp3) is 0.464. The first kappa shape index (κ1) is 23.7. The van der Waals surface area contributed by atoms with E-state index in [1.54, 1.807) is 0 Å². The lowest BCUT2D eigenvalue weighted by atomic mass is 9.68. The highest BCUT2D eigenvalue weighted by Crippen LogP contribution is 2.43. The van der Waals surface area contributed by atoms with Gasteiger partial charge in [-0.15, -0.1) is 0 Å². The molecule has 0 N–H and O–H groups in total. The van der Waals surface area contributed by atoms with Gasteiger partial charge in [-0.3, -0.25) is 0 Å². The number of aldehydes is 1. The number of hydrogen-bond donors (Lipinski definition) is 0. The molecule has 0 aromatic heterocycles. The van der Waals surface area contributed by atoms with Crippen molar-refractivity contribution in [2.45, 2.75) is 65.3 Å². The molecule has 3 rings (SSSR count). The minimum atomic E-state index is -2.52. The Morgan fingerprint density at radius 3 is 2.06 bits per heavy atom. The third kappa shape index (κ3) is 4.93. The van der Waals surface area contributed by atoms with Crippen molar-refractivity contribution >= 4 is 25.0 Å². The molecule has 1 aliphatic rings. The maximum absolute atomic E-state index is 11.0. The minimum Gasteiger partial charge on any atom is -0.403 e. The molecule has 0 amide bonds. The fourth-order valence-electron chi connectivity index (χ4n) is 5.18. The highest BCUT2D eigenvalue weighted by molar-refractivity contribution is 6.99. The first-order valence-electron chi connectivity index (χ1n) is 11.6. The molecule has 0 saturated heterocycles. The number of carbonyl (C=O) groups is 1. The maximum atomic E-state index is 11.0. The summed E-state index contributed by atoms with van der Waals surface area (Å²) in [6, 6.07) is 21.7. The van der Waals surface area contributed by atoms with E-state index >= 15 is 0 Å². The smallest absolute Gasteiger partial charge is 0.261 e. The van der Waals surface area contributed by atoms with E-state index in [0.29, 0.717) is 18.9 Å². The van der Waals surface area contributed by atoms with Gasteiger partial charge in [0.25, 0.3) is 8.32 Å². The van der Waals surface area contributed by atoms with E-state index in [-0.39, 0.29) is 10.5 Å². The average Bonchev–Trinajstić information content (AvgIpc) is 2.76. The summed E-state index contributed by atoms with van der Waals surface area (Å²) >= 11 is 0. The Morgan fingerprint density at radius 2 is 1.58 bits per heavy atom. The van der Waals surface area contributed by atoms with Gasteiger partial charge in [-0.2, -0.15) is 0 Å². The van der Waals surface area contributed by atoms with Gasteiger partial charge in [-0.05, 0) is 51.6 Å². The topological polar surface area (TPSA) is 26.3 Å². The molecule has 166 valence electrons. The van der Waals surface area contributed by atoms with E-state index in [4.69, 9.17) is 4.43 Å². The van der Waals surface area contributed by atoms with Crippen molar-refractivity contribution in [1.29, 1.82) is 0 Å². The quantitative estimate of drug-likeness (QED) is 0.293. The van der Waals surface area contributed by atoms with Crippen LogP contribution in [0, 0.1) is 11.3 Å². The third-order valence-electron chi connectivity index (χ3n) is 7.25. The molecule has 0 heterocycles. The van der Waals surface area contributed by atoms with Gasteiger partial charge in [0.05, 0.1) is 6.61 Å². The predicted molar refractivity (Wildman–Crippen MR) is 133 cm³/mol. The Kier molecular flexibility index (Phi) is 7.38. The standard InChI is InChI=1S/C28H38O2Si/c1-23-17-18-24(21-28(23,5)19-12-20-29)22-30-31(27(2,3)4,25-13-8-6-9-14-25)26-15-10-7-11-16-26/h6-11,13-16,20-21,23H,12,17-19,22H2,1-5H3/t23-,28-/m1/s1. The number of carbonyl (C=O) groups excluding carboxylic acids is 1. The molecule has 1 aliphatic carbocycles. The second-order valence-electron chi connectivity index (χ2n) is 10.4. The number of hydrogen-bond acceptors (Lipinski definition) is 2. The molecule has 2 nitrogen and oxygen atoms in total. The summed E-state index contributed by atoms with van der Waals surface area (Å²) in [4.78, 5) is 11.0. The van der Waals surface area contributed by atoms with Gasteiger partial charge in [0.15, 0.2) is 0 Å². The molecule has 0 bridgehead atoms. The first-order valence-corrected chi connectivity index (χ1v) is 13.5. The van der Waals surface area contributed by atoms with Crippen LogP contribution in [0.4, 0.5) is 0 Å². The molecule has 2 aromatic carbocycles. The van der Waals surface area contributed by atoms with Gasteiger partial charge >= 0.3 is 0 Å². The summed E-state index contributed by atoms with van der Waals surface area (Å²) < 4.78 is 7.14. The normalized spacial score (nSPS) is 22.1. The Morgan fingerprint density at radius 1 is 1.03 bits per heavy atom. The van der Waals surface area contributed by atoms with Crippen LogP contribution < -0.4 is 10.4 Å². The van der Waals surface area contributed by atoms with Crippen molar-refractivity contribution in [2.75, 3.05) is 6.61 Å². The van der Waals surface area contributed by atoms with Gasteiger partial charge in [0.2, 0.25) is 0 Å². The van der Waals surface area contributed by atoms with Crippen LogP contribution in [0.1, 0.15) is 60.3 Å². The van der Waals surface area contributed by atoms with E-state index in [2.05, 4.69) is 101 Å². The van der Waals surface area contributed by atoms with E-state index < -0.39 is 8.32 Å². The zero-order valence-corrected chi connectivity index (χ0v) is 20.9. The maximum Gasteiger partial charge on any atom is 0.261 e. The molecule has 0 aliphatic heterocycles. The molecule has 0 radical (unpaired) electrons. The summed E-state index contributed by atoms with van der Waals surface area (Å²) in [6.45, 7) is 12.3. The lowest BCUT2D eigenvalue weighted by molar-refractivity contribution is -0.108. The number of rotatable bonds is 8. The zero-order chi connectivity index (χ0) is 22.5. The summed E-state index contributed by atoms with van der Waals surface area (Å²) in [6.07, 6.45) is 7.27. The lowest BCUT2D eigenvalue weighted by Gasteiger charge is -2.44. The molecule has 0 unspecified atom stereocenters. The Bertz CT molecular complexity index is 843. The molecule has 31 heavy (non-hydrogen) atoms.